The maximum Gasteiger partial charge on any atom is 0.123 e. The minimum Gasteiger partial charge on any atom is -0.391 e. The zero-order valence-corrected chi connectivity index (χ0v) is 12.8. The molecule has 5 heteroatoms. The van der Waals surface area contributed by atoms with Gasteiger partial charge in [0.05, 0.1) is 18.1 Å². The van der Waals surface area contributed by atoms with Gasteiger partial charge < -0.3 is 9.67 Å². The smallest absolute Gasteiger partial charge is 0.123 e. The number of rotatable bonds is 4. The van der Waals surface area contributed by atoms with E-state index < -0.39 is 0 Å². The number of β-amino-alcohol motifs (C(OH)–C–C–N with tert-alkyl or cyclic N) is 1. The normalized spacial score (nSPS) is 22.9. The van der Waals surface area contributed by atoms with Crippen LogP contribution in [0, 0.1) is 11.7 Å². The highest BCUT2D eigenvalue weighted by atomic mass is 19.1. The van der Waals surface area contributed by atoms with Crippen molar-refractivity contribution in [1.29, 1.82) is 0 Å². The maximum atomic E-state index is 12.9. The first kappa shape index (κ1) is 15.2. The number of aliphatic hydroxyl groups is 1. The molecule has 2 heterocycles. The Morgan fingerprint density at radius 1 is 1.32 bits per heavy atom. The maximum absolute atomic E-state index is 12.9. The van der Waals surface area contributed by atoms with E-state index >= 15 is 0 Å². The van der Waals surface area contributed by atoms with Crippen molar-refractivity contribution in [2.24, 2.45) is 13.0 Å². The molecule has 0 aliphatic carbocycles. The monoisotopic (exact) mass is 303 g/mol. The molecule has 1 aliphatic rings. The molecule has 2 atom stereocenters. The van der Waals surface area contributed by atoms with Crippen molar-refractivity contribution in [2.45, 2.75) is 25.5 Å². The second-order valence-corrected chi connectivity index (χ2v) is 6.18. The van der Waals surface area contributed by atoms with Crippen molar-refractivity contribution in [3.63, 3.8) is 0 Å². The number of halogens is 1. The second-order valence-electron chi connectivity index (χ2n) is 6.18. The number of likely N-dealkylation sites (tertiary alicyclic amines) is 1. The molecule has 0 unspecified atom stereocenters. The summed E-state index contributed by atoms with van der Waals surface area (Å²) in [4.78, 5) is 6.39. The number of hydrogen-bond donors (Lipinski definition) is 1. The predicted molar refractivity (Wildman–Crippen MR) is 82.7 cm³/mol. The molecule has 1 fully saturated rings. The summed E-state index contributed by atoms with van der Waals surface area (Å²) in [5, 5.41) is 10.4. The third-order valence-corrected chi connectivity index (χ3v) is 4.52. The fourth-order valence-electron chi connectivity index (χ4n) is 3.12. The number of aromatic nitrogens is 2. The highest BCUT2D eigenvalue weighted by molar-refractivity contribution is 5.17. The van der Waals surface area contributed by atoms with E-state index in [-0.39, 0.29) is 17.8 Å². The van der Waals surface area contributed by atoms with E-state index in [4.69, 9.17) is 0 Å². The van der Waals surface area contributed by atoms with Gasteiger partial charge in [-0.2, -0.15) is 0 Å². The number of imidazole rings is 1. The molecule has 22 heavy (non-hydrogen) atoms. The predicted octanol–water partition coefficient (Wildman–Crippen LogP) is 1.98. The molecule has 0 saturated carbocycles. The zero-order valence-electron chi connectivity index (χ0n) is 12.8. The van der Waals surface area contributed by atoms with Gasteiger partial charge in [0, 0.05) is 26.3 Å². The van der Waals surface area contributed by atoms with Gasteiger partial charge in [-0.1, -0.05) is 12.1 Å². The topological polar surface area (TPSA) is 41.3 Å². The van der Waals surface area contributed by atoms with E-state index in [9.17, 15) is 9.50 Å². The zero-order chi connectivity index (χ0) is 15.5. The minimum absolute atomic E-state index is 0.213. The highest BCUT2D eigenvalue weighted by Gasteiger charge is 2.28. The van der Waals surface area contributed by atoms with Crippen LogP contribution in [-0.4, -0.2) is 38.8 Å². The van der Waals surface area contributed by atoms with Crippen LogP contribution in [0.5, 0.6) is 0 Å². The molecule has 3 rings (SSSR count). The largest absolute Gasteiger partial charge is 0.391 e. The third kappa shape index (κ3) is 3.54. The number of nitrogens with zero attached hydrogens (tertiary/aromatic N) is 3. The Bertz CT molecular complexity index is 611. The average Bonchev–Trinajstić information content (AvgIpc) is 2.89. The lowest BCUT2D eigenvalue weighted by molar-refractivity contribution is 0.0180. The van der Waals surface area contributed by atoms with Crippen LogP contribution in [-0.2, 0) is 20.0 Å². The average molecular weight is 303 g/mol. The summed E-state index contributed by atoms with van der Waals surface area (Å²) in [5.41, 5.74) is 2.25. The molecule has 1 aliphatic heterocycles. The van der Waals surface area contributed by atoms with Crippen molar-refractivity contribution >= 4 is 0 Å². The molecular formula is C17H22FN3O. The third-order valence-electron chi connectivity index (χ3n) is 4.52. The van der Waals surface area contributed by atoms with Crippen molar-refractivity contribution < 1.29 is 9.50 Å². The summed E-state index contributed by atoms with van der Waals surface area (Å²) in [6, 6.07) is 6.59. The van der Waals surface area contributed by atoms with Crippen LogP contribution >= 0.6 is 0 Å². The van der Waals surface area contributed by atoms with Crippen LogP contribution in [0.15, 0.2) is 36.8 Å². The van der Waals surface area contributed by atoms with E-state index in [1.54, 1.807) is 6.33 Å². The summed E-state index contributed by atoms with van der Waals surface area (Å²) < 4.78 is 15.0. The molecule has 4 nitrogen and oxygen atoms in total. The van der Waals surface area contributed by atoms with Gasteiger partial charge in [0.25, 0.3) is 0 Å². The summed E-state index contributed by atoms with van der Waals surface area (Å²) in [6.45, 7) is 2.46. The molecule has 0 radical (unpaired) electrons. The first-order valence-corrected chi connectivity index (χ1v) is 7.72. The number of aryl methyl sites for hydroxylation is 1. The number of hydrogen-bond acceptors (Lipinski definition) is 3. The first-order valence-electron chi connectivity index (χ1n) is 7.72. The summed E-state index contributed by atoms with van der Waals surface area (Å²) in [7, 11) is 1.99. The second kappa shape index (κ2) is 6.58. The molecule has 0 amide bonds. The van der Waals surface area contributed by atoms with Crippen molar-refractivity contribution in [2.75, 3.05) is 13.1 Å². The Labute approximate surface area is 130 Å². The van der Waals surface area contributed by atoms with Crippen LogP contribution in [0.2, 0.25) is 0 Å². The number of benzene rings is 1. The Morgan fingerprint density at radius 2 is 2.09 bits per heavy atom. The van der Waals surface area contributed by atoms with Gasteiger partial charge in [-0.3, -0.25) is 4.90 Å². The fourth-order valence-corrected chi connectivity index (χ4v) is 3.12. The van der Waals surface area contributed by atoms with Crippen LogP contribution in [0.1, 0.15) is 17.7 Å². The molecule has 1 aromatic carbocycles. The van der Waals surface area contributed by atoms with Gasteiger partial charge in [0.15, 0.2) is 0 Å². The summed E-state index contributed by atoms with van der Waals surface area (Å²) in [5.74, 6) is 0.0311. The van der Waals surface area contributed by atoms with Crippen LogP contribution in [0.4, 0.5) is 4.39 Å². The van der Waals surface area contributed by atoms with Gasteiger partial charge in [0.1, 0.15) is 5.82 Å². The van der Waals surface area contributed by atoms with Crippen LogP contribution < -0.4 is 0 Å². The lowest BCUT2D eigenvalue weighted by Crippen LogP contribution is -2.44. The first-order chi connectivity index (χ1) is 10.6. The summed E-state index contributed by atoms with van der Waals surface area (Å²) >= 11 is 0. The number of aliphatic hydroxyl groups excluding tert-OH is 1. The molecule has 1 N–H and O–H groups in total. The van der Waals surface area contributed by atoms with Crippen molar-refractivity contribution in [1.82, 2.24) is 14.5 Å². The lowest BCUT2D eigenvalue weighted by atomic mass is 9.88. The van der Waals surface area contributed by atoms with Crippen LogP contribution in [0.3, 0.4) is 0 Å². The minimum atomic E-state index is -0.341. The lowest BCUT2D eigenvalue weighted by Gasteiger charge is -2.36. The Morgan fingerprint density at radius 3 is 2.73 bits per heavy atom. The van der Waals surface area contributed by atoms with E-state index in [1.807, 2.05) is 29.9 Å². The molecule has 0 bridgehead atoms. The Hall–Kier alpha value is -1.72. The summed E-state index contributed by atoms with van der Waals surface area (Å²) in [6.07, 6.45) is 5.09. The van der Waals surface area contributed by atoms with E-state index in [0.29, 0.717) is 6.54 Å². The molecular weight excluding hydrogens is 281 g/mol. The highest BCUT2D eigenvalue weighted by Crippen LogP contribution is 2.23. The molecule has 1 aromatic heterocycles. The van der Waals surface area contributed by atoms with Gasteiger partial charge in [-0.05, 0) is 43.0 Å². The van der Waals surface area contributed by atoms with Gasteiger partial charge in [0.2, 0.25) is 0 Å². The quantitative estimate of drug-likeness (QED) is 0.939. The van der Waals surface area contributed by atoms with Gasteiger partial charge in [-0.15, -0.1) is 0 Å². The van der Waals surface area contributed by atoms with Gasteiger partial charge in [-0.25, -0.2) is 9.37 Å². The van der Waals surface area contributed by atoms with E-state index in [1.165, 1.54) is 12.1 Å². The number of piperidine rings is 1. The molecule has 1 saturated heterocycles. The molecule has 0 spiro atoms. The molecule has 2 aromatic rings. The van der Waals surface area contributed by atoms with E-state index in [2.05, 4.69) is 9.88 Å². The molecule has 118 valence electrons. The SMILES string of the molecule is Cn1cncc1CN1CC[C@H](Cc2ccc(F)cc2)[C@@H](O)C1. The fraction of sp³-hybridized carbons (Fsp3) is 0.471. The van der Waals surface area contributed by atoms with E-state index in [0.717, 1.165) is 37.2 Å². The van der Waals surface area contributed by atoms with Gasteiger partial charge >= 0.3 is 0 Å². The van der Waals surface area contributed by atoms with Crippen molar-refractivity contribution in [3.8, 4) is 0 Å². The Kier molecular flexibility index (Phi) is 4.55. The Balaban J connectivity index is 1.55. The van der Waals surface area contributed by atoms with Crippen molar-refractivity contribution in [3.05, 3.63) is 53.9 Å². The van der Waals surface area contributed by atoms with Crippen LogP contribution in [0.25, 0.3) is 0 Å². The standard InChI is InChI=1S/C17H22FN3O/c1-20-12-19-9-16(20)10-21-7-6-14(17(22)11-21)8-13-2-4-15(18)5-3-13/h2-5,9,12,14,17,22H,6-8,10-11H2,1H3/t14-,17+/m1/s1.